The van der Waals surface area contributed by atoms with Crippen molar-refractivity contribution >= 4 is 11.8 Å². The Hall–Kier alpha value is -1.12. The lowest BCUT2D eigenvalue weighted by atomic mass is 10.3. The summed E-state index contributed by atoms with van der Waals surface area (Å²) in [5.74, 6) is -4.47. The van der Waals surface area contributed by atoms with Crippen LogP contribution in [0.4, 0.5) is 30.7 Å². The highest BCUT2D eigenvalue weighted by atomic mass is 32.2. The summed E-state index contributed by atoms with van der Waals surface area (Å²) in [5, 5.41) is 0. The molecule has 0 amide bonds. The van der Waals surface area contributed by atoms with Crippen LogP contribution in [0.3, 0.4) is 0 Å². The summed E-state index contributed by atoms with van der Waals surface area (Å²) < 4.78 is 89.0. The Morgan fingerprint density at radius 3 is 2.18 bits per heavy atom. The van der Waals surface area contributed by atoms with Crippen LogP contribution in [0.2, 0.25) is 0 Å². The van der Waals surface area contributed by atoms with E-state index in [-0.39, 0.29) is 0 Å². The van der Waals surface area contributed by atoms with Gasteiger partial charge in [-0.15, -0.1) is 0 Å². The molecule has 9 heteroatoms. The summed E-state index contributed by atoms with van der Waals surface area (Å²) in [6.07, 6.45) is 0. The third kappa shape index (κ3) is 3.99. The van der Waals surface area contributed by atoms with Crippen LogP contribution in [0.25, 0.3) is 0 Å². The van der Waals surface area contributed by atoms with E-state index < -0.39 is 46.2 Å². The average Bonchev–Trinajstić information content (AvgIpc) is 2.15. The average molecular weight is 280 g/mol. The molecule has 0 N–H and O–H groups in total. The van der Waals surface area contributed by atoms with Crippen LogP contribution in [0.15, 0.2) is 17.0 Å². The largest absolute Gasteiger partial charge is 0.446 e. The van der Waals surface area contributed by atoms with E-state index in [1.807, 2.05) is 0 Å². The van der Waals surface area contributed by atoms with Crippen molar-refractivity contribution in [3.63, 3.8) is 0 Å². The van der Waals surface area contributed by atoms with Crippen LogP contribution in [0, 0.1) is 11.6 Å². The first-order valence-corrected chi connectivity index (χ1v) is 4.71. The van der Waals surface area contributed by atoms with E-state index in [9.17, 15) is 30.7 Å². The maximum Gasteiger partial charge on any atom is 0.446 e. The molecule has 0 aromatic heterocycles. The van der Waals surface area contributed by atoms with E-state index in [1.54, 1.807) is 0 Å². The number of hydrogen-bond acceptors (Lipinski definition) is 2. The SMILES string of the molecule is Fc1ccc(OC(F)F)c(F)c1SC(F)(F)F. The summed E-state index contributed by atoms with van der Waals surface area (Å²) in [7, 11) is 0. The van der Waals surface area contributed by atoms with E-state index in [1.165, 1.54) is 0 Å². The van der Waals surface area contributed by atoms with Crippen molar-refractivity contribution < 1.29 is 35.5 Å². The lowest BCUT2D eigenvalue weighted by Crippen LogP contribution is -2.07. The molecule has 0 radical (unpaired) electrons. The molecule has 96 valence electrons. The molecule has 0 aliphatic rings. The number of ether oxygens (including phenoxy) is 1. The molecule has 0 atom stereocenters. The van der Waals surface area contributed by atoms with Gasteiger partial charge in [-0.25, -0.2) is 8.78 Å². The zero-order valence-corrected chi connectivity index (χ0v) is 8.51. The fraction of sp³-hybridized carbons (Fsp3) is 0.250. The molecule has 0 spiro atoms. The first-order chi connectivity index (χ1) is 7.70. The highest BCUT2D eigenvalue weighted by Crippen LogP contribution is 2.41. The fourth-order valence-electron chi connectivity index (χ4n) is 0.911. The maximum atomic E-state index is 13.2. The molecule has 0 aliphatic heterocycles. The topological polar surface area (TPSA) is 9.23 Å². The molecule has 0 aliphatic carbocycles. The number of alkyl halides is 5. The molecule has 17 heavy (non-hydrogen) atoms. The van der Waals surface area contributed by atoms with Gasteiger partial charge in [0.05, 0.1) is 4.90 Å². The Morgan fingerprint density at radius 2 is 1.71 bits per heavy atom. The quantitative estimate of drug-likeness (QED) is 0.607. The van der Waals surface area contributed by atoms with Gasteiger partial charge in [0.2, 0.25) is 0 Å². The van der Waals surface area contributed by atoms with Crippen molar-refractivity contribution in [3.8, 4) is 5.75 Å². The zero-order valence-electron chi connectivity index (χ0n) is 7.69. The molecular formula is C8H3F7OS. The Kier molecular flexibility index (Phi) is 4.12. The van der Waals surface area contributed by atoms with Gasteiger partial charge in [-0.2, -0.15) is 22.0 Å². The normalized spacial score (nSPS) is 12.0. The second-order valence-corrected chi connectivity index (χ2v) is 3.69. The standard InChI is InChI=1S/C8H3F7OS/c9-3-1-2-4(16-7(11)12)5(10)6(3)17-8(13,14)15/h1-2,7H. The van der Waals surface area contributed by atoms with Crippen LogP contribution in [0.1, 0.15) is 0 Å². The van der Waals surface area contributed by atoms with E-state index in [4.69, 9.17) is 0 Å². The van der Waals surface area contributed by atoms with Crippen molar-refractivity contribution in [1.82, 2.24) is 0 Å². The molecule has 0 unspecified atom stereocenters. The highest BCUT2D eigenvalue weighted by molar-refractivity contribution is 8.00. The Balaban J connectivity index is 3.11. The molecule has 0 bridgehead atoms. The van der Waals surface area contributed by atoms with Crippen LogP contribution in [0.5, 0.6) is 5.75 Å². The predicted molar refractivity (Wildman–Crippen MR) is 44.9 cm³/mol. The van der Waals surface area contributed by atoms with E-state index in [0.29, 0.717) is 12.1 Å². The van der Waals surface area contributed by atoms with Crippen molar-refractivity contribution in [1.29, 1.82) is 0 Å². The molecule has 1 rings (SSSR count). The van der Waals surface area contributed by atoms with Crippen LogP contribution in [-0.4, -0.2) is 12.1 Å². The van der Waals surface area contributed by atoms with Gasteiger partial charge in [0.15, 0.2) is 11.6 Å². The van der Waals surface area contributed by atoms with Gasteiger partial charge in [-0.1, -0.05) is 0 Å². The van der Waals surface area contributed by atoms with Crippen molar-refractivity contribution in [2.24, 2.45) is 0 Å². The lowest BCUT2D eigenvalue weighted by Gasteiger charge is -2.11. The van der Waals surface area contributed by atoms with Gasteiger partial charge in [0.1, 0.15) is 5.82 Å². The zero-order chi connectivity index (χ0) is 13.2. The Morgan fingerprint density at radius 1 is 1.12 bits per heavy atom. The Bertz CT molecular complexity index is 404. The number of halogens is 7. The molecule has 1 nitrogen and oxygen atoms in total. The molecule has 0 heterocycles. The van der Waals surface area contributed by atoms with Gasteiger partial charge in [-0.05, 0) is 23.9 Å². The molecule has 0 fully saturated rings. The first kappa shape index (κ1) is 13.9. The predicted octanol–water partition coefficient (Wildman–Crippen LogP) is 4.18. The number of thioether (sulfide) groups is 1. The monoisotopic (exact) mass is 280 g/mol. The van der Waals surface area contributed by atoms with Crippen LogP contribution >= 0.6 is 11.8 Å². The summed E-state index contributed by atoms with van der Waals surface area (Å²) >= 11 is -1.08. The van der Waals surface area contributed by atoms with Gasteiger partial charge in [0, 0.05) is 0 Å². The Labute approximate surface area is 94.6 Å². The maximum absolute atomic E-state index is 13.2. The van der Waals surface area contributed by atoms with Crippen molar-refractivity contribution in [2.75, 3.05) is 0 Å². The van der Waals surface area contributed by atoms with Gasteiger partial charge in [0.25, 0.3) is 0 Å². The molecule has 1 aromatic rings. The smallest absolute Gasteiger partial charge is 0.432 e. The third-order valence-electron chi connectivity index (χ3n) is 1.45. The van der Waals surface area contributed by atoms with Gasteiger partial charge < -0.3 is 4.74 Å². The summed E-state index contributed by atoms with van der Waals surface area (Å²) in [6.45, 7) is -3.42. The summed E-state index contributed by atoms with van der Waals surface area (Å²) in [5.41, 5.74) is -4.94. The van der Waals surface area contributed by atoms with E-state index in [0.717, 1.165) is 0 Å². The molecule has 1 aromatic carbocycles. The number of rotatable bonds is 3. The molecular weight excluding hydrogens is 277 g/mol. The second-order valence-electron chi connectivity index (χ2n) is 2.61. The number of benzene rings is 1. The van der Waals surface area contributed by atoms with E-state index in [2.05, 4.69) is 4.74 Å². The highest BCUT2D eigenvalue weighted by Gasteiger charge is 2.33. The van der Waals surface area contributed by atoms with Gasteiger partial charge in [-0.3, -0.25) is 0 Å². The second kappa shape index (κ2) is 5.03. The minimum atomic E-state index is -4.94. The molecule has 0 saturated carbocycles. The lowest BCUT2D eigenvalue weighted by molar-refractivity contribution is -0.0526. The minimum absolute atomic E-state index is 0.412. The van der Waals surface area contributed by atoms with Crippen LogP contribution < -0.4 is 4.74 Å². The fourth-order valence-corrected chi connectivity index (χ4v) is 1.50. The van der Waals surface area contributed by atoms with Crippen molar-refractivity contribution in [3.05, 3.63) is 23.8 Å². The summed E-state index contributed by atoms with van der Waals surface area (Å²) in [4.78, 5) is -1.43. The third-order valence-corrected chi connectivity index (χ3v) is 2.26. The van der Waals surface area contributed by atoms with Crippen LogP contribution in [-0.2, 0) is 0 Å². The van der Waals surface area contributed by atoms with Gasteiger partial charge >= 0.3 is 12.1 Å². The minimum Gasteiger partial charge on any atom is -0.432 e. The molecule has 0 saturated heterocycles. The van der Waals surface area contributed by atoms with Crippen molar-refractivity contribution in [2.45, 2.75) is 17.0 Å². The number of hydrogen-bond donors (Lipinski definition) is 0. The first-order valence-electron chi connectivity index (χ1n) is 3.89. The summed E-state index contributed by atoms with van der Waals surface area (Å²) in [6, 6.07) is 0.895. The van der Waals surface area contributed by atoms with E-state index >= 15 is 0 Å².